The topological polar surface area (TPSA) is 45.6 Å². The van der Waals surface area contributed by atoms with Gasteiger partial charge in [-0.05, 0) is 132 Å². The Balaban J connectivity index is 0.000000789. The molecule has 1 saturated heterocycles. The summed E-state index contributed by atoms with van der Waals surface area (Å²) in [6, 6.07) is 0.609. The van der Waals surface area contributed by atoms with E-state index in [1.54, 1.807) is 5.57 Å². The molecule has 0 radical (unpaired) electrons. The van der Waals surface area contributed by atoms with Crippen LogP contribution >= 0.6 is 0 Å². The molecule has 244 valence electrons. The van der Waals surface area contributed by atoms with Crippen molar-refractivity contribution >= 4 is 5.71 Å². The molecule has 3 saturated carbocycles. The van der Waals surface area contributed by atoms with Gasteiger partial charge >= 0.3 is 0 Å². The first-order valence-corrected chi connectivity index (χ1v) is 16.6. The fourth-order valence-corrected chi connectivity index (χ4v) is 9.26. The van der Waals surface area contributed by atoms with Gasteiger partial charge in [-0.2, -0.15) is 0 Å². The van der Waals surface area contributed by atoms with Crippen LogP contribution < -0.4 is 10.6 Å². The van der Waals surface area contributed by atoms with Crippen molar-refractivity contribution in [2.45, 2.75) is 119 Å². The predicted molar refractivity (Wildman–Crippen MR) is 183 cm³/mol. The lowest BCUT2D eigenvalue weighted by atomic mass is 9.46. The number of allylic oxidation sites excluding steroid dienone is 3. The number of hydrogen-bond donors (Lipinski definition) is 2. The van der Waals surface area contributed by atoms with Gasteiger partial charge in [0.2, 0.25) is 0 Å². The summed E-state index contributed by atoms with van der Waals surface area (Å²) in [6.07, 6.45) is 16.8. The lowest BCUT2D eigenvalue weighted by molar-refractivity contribution is -0.0421. The highest BCUT2D eigenvalue weighted by Crippen LogP contribution is 2.67. The third-order valence-electron chi connectivity index (χ3n) is 11.5. The quantitative estimate of drug-likeness (QED) is 0.135. The molecule has 8 unspecified atom stereocenters. The number of nitrogens with zero attached hydrogens (tertiary/aromatic N) is 1. The molecule has 1 aliphatic heterocycles. The van der Waals surface area contributed by atoms with E-state index in [9.17, 15) is 4.39 Å². The lowest BCUT2D eigenvalue weighted by Gasteiger charge is -2.58. The number of fused-ring (bicyclic) bond motifs is 5. The van der Waals surface area contributed by atoms with Crippen LogP contribution in [0, 0.1) is 40.4 Å². The summed E-state index contributed by atoms with van der Waals surface area (Å²) in [7, 11) is 2.46. The van der Waals surface area contributed by atoms with E-state index in [1.807, 2.05) is 7.05 Å². The van der Waals surface area contributed by atoms with Crippen LogP contribution in [0.15, 0.2) is 42.1 Å². The molecule has 42 heavy (non-hydrogen) atoms. The standard InChI is InChI=1S/C29H46N2O.C4H11N.C2H4.CH3F.CH4/c1-19-10-14-28(4)22(18-19)6-7-23-25-9-8-24(29(25,5)15-11-26(23)28)21(3)31-32-17-13-27-20(2)12-16-30-27;1-3-4-5-2;2*1-2;/h18,20,23-27,30H,1,6-17H2,2-5H3;5H,3-4H2,1-2H3;1-2H2;1H3;1H4/b31-21+;;;;. The molecule has 4 fully saturated rings. The number of nitrogens with one attached hydrogen (secondary N) is 2. The fraction of sp³-hybridized carbons (Fsp3) is 0.811. The summed E-state index contributed by atoms with van der Waals surface area (Å²) < 4.78 is 9.50. The van der Waals surface area contributed by atoms with Gasteiger partial charge in [-0.25, -0.2) is 0 Å². The van der Waals surface area contributed by atoms with Crippen molar-refractivity contribution in [2.75, 3.05) is 33.9 Å². The van der Waals surface area contributed by atoms with Crippen LogP contribution in [0.2, 0.25) is 0 Å². The van der Waals surface area contributed by atoms with Crippen LogP contribution in [-0.4, -0.2) is 45.7 Å². The molecule has 0 amide bonds. The number of rotatable bonds is 7. The predicted octanol–water partition coefficient (Wildman–Crippen LogP) is 9.54. The van der Waals surface area contributed by atoms with E-state index in [-0.39, 0.29) is 7.43 Å². The molecule has 0 aromatic rings. The van der Waals surface area contributed by atoms with Crippen LogP contribution in [-0.2, 0) is 4.84 Å². The highest BCUT2D eigenvalue weighted by molar-refractivity contribution is 5.85. The molecule has 0 spiro atoms. The molecule has 5 rings (SSSR count). The first-order valence-electron chi connectivity index (χ1n) is 16.6. The zero-order valence-corrected chi connectivity index (χ0v) is 27.8. The Kier molecular flexibility index (Phi) is 16.9. The van der Waals surface area contributed by atoms with E-state index >= 15 is 0 Å². The minimum Gasteiger partial charge on any atom is -0.396 e. The summed E-state index contributed by atoms with van der Waals surface area (Å²) in [5, 5.41) is 11.3. The Morgan fingerprint density at radius 2 is 1.81 bits per heavy atom. The Hall–Kier alpha value is -1.46. The van der Waals surface area contributed by atoms with E-state index in [0.717, 1.165) is 49.8 Å². The number of oxime groups is 1. The average Bonchev–Trinajstić information content (AvgIpc) is 3.56. The van der Waals surface area contributed by atoms with Crippen LogP contribution in [0.3, 0.4) is 0 Å². The second-order valence-electron chi connectivity index (χ2n) is 13.6. The third kappa shape index (κ3) is 8.58. The van der Waals surface area contributed by atoms with Crippen molar-refractivity contribution < 1.29 is 9.23 Å². The molecular formula is C37H68FN3O. The molecule has 1 heterocycles. The second-order valence-corrected chi connectivity index (χ2v) is 13.6. The summed E-state index contributed by atoms with van der Waals surface area (Å²) in [5.41, 5.74) is 5.20. The minimum atomic E-state index is 0. The molecule has 5 aliphatic rings. The molecule has 4 aliphatic carbocycles. The highest BCUT2D eigenvalue weighted by atomic mass is 19.1. The Labute approximate surface area is 260 Å². The normalized spacial score (nSPS) is 36.5. The van der Waals surface area contributed by atoms with Gasteiger partial charge < -0.3 is 15.5 Å². The lowest BCUT2D eigenvalue weighted by Crippen LogP contribution is -2.50. The van der Waals surface area contributed by atoms with E-state index in [1.165, 1.54) is 75.5 Å². The molecular weight excluding hydrogens is 521 g/mol. The van der Waals surface area contributed by atoms with Crippen LogP contribution in [0.4, 0.5) is 4.39 Å². The summed E-state index contributed by atoms with van der Waals surface area (Å²) in [6.45, 7) is 25.3. The fourth-order valence-electron chi connectivity index (χ4n) is 9.26. The summed E-state index contributed by atoms with van der Waals surface area (Å²) in [5.74, 6) is 4.01. The van der Waals surface area contributed by atoms with Crippen molar-refractivity contribution in [3.05, 3.63) is 37.0 Å². The van der Waals surface area contributed by atoms with Gasteiger partial charge in [0.15, 0.2) is 0 Å². The average molecular weight is 590 g/mol. The third-order valence-corrected chi connectivity index (χ3v) is 11.5. The molecule has 2 N–H and O–H groups in total. The van der Waals surface area contributed by atoms with E-state index < -0.39 is 0 Å². The Morgan fingerprint density at radius 1 is 1.10 bits per heavy atom. The maximum atomic E-state index is 9.50. The summed E-state index contributed by atoms with van der Waals surface area (Å²) in [4.78, 5) is 5.88. The van der Waals surface area contributed by atoms with Crippen molar-refractivity contribution in [3.8, 4) is 0 Å². The van der Waals surface area contributed by atoms with Crippen molar-refractivity contribution in [1.29, 1.82) is 0 Å². The molecule has 0 aromatic heterocycles. The van der Waals surface area contributed by atoms with E-state index in [2.05, 4.69) is 71.1 Å². The zero-order chi connectivity index (χ0) is 30.6. The minimum absolute atomic E-state index is 0. The van der Waals surface area contributed by atoms with E-state index in [0.29, 0.717) is 30.0 Å². The smallest absolute Gasteiger partial charge is 0.118 e. The highest BCUT2D eigenvalue weighted by Gasteiger charge is 2.59. The van der Waals surface area contributed by atoms with Crippen molar-refractivity contribution in [3.63, 3.8) is 0 Å². The van der Waals surface area contributed by atoms with Gasteiger partial charge in [-0.15, -0.1) is 13.2 Å². The van der Waals surface area contributed by atoms with Gasteiger partial charge in [0.05, 0.1) is 12.9 Å². The zero-order valence-electron chi connectivity index (χ0n) is 27.8. The SMILES string of the molecule is C.C=C.C=C1C=C2CCC3C(CCC4(C)C(/C(C)=N/OCCC5NCCC5C)CCC34)C2(C)CC1.CCCNC.CF. The molecule has 5 heteroatoms. The maximum absolute atomic E-state index is 9.50. The molecule has 4 nitrogen and oxygen atoms in total. The largest absolute Gasteiger partial charge is 0.396 e. The van der Waals surface area contributed by atoms with Crippen LogP contribution in [0.5, 0.6) is 0 Å². The first-order chi connectivity index (χ1) is 19.7. The van der Waals surface area contributed by atoms with Crippen molar-refractivity contribution in [2.24, 2.45) is 45.6 Å². The number of hydrogen-bond acceptors (Lipinski definition) is 4. The van der Waals surface area contributed by atoms with E-state index in [4.69, 9.17) is 9.99 Å². The first kappa shape index (κ1) is 38.6. The van der Waals surface area contributed by atoms with Gasteiger partial charge in [-0.1, -0.05) is 64.1 Å². The Morgan fingerprint density at radius 3 is 2.40 bits per heavy atom. The van der Waals surface area contributed by atoms with Gasteiger partial charge in [0, 0.05) is 12.0 Å². The number of alkyl halides is 1. The van der Waals surface area contributed by atoms with Crippen LogP contribution in [0.1, 0.15) is 113 Å². The number of halogens is 1. The molecule has 0 aromatic carbocycles. The monoisotopic (exact) mass is 590 g/mol. The Bertz CT molecular complexity index is 869. The summed E-state index contributed by atoms with van der Waals surface area (Å²) >= 11 is 0. The van der Waals surface area contributed by atoms with Crippen molar-refractivity contribution in [1.82, 2.24) is 10.6 Å². The maximum Gasteiger partial charge on any atom is 0.118 e. The molecule has 0 bridgehead atoms. The second kappa shape index (κ2) is 18.4. The van der Waals surface area contributed by atoms with Gasteiger partial charge in [0.25, 0.3) is 0 Å². The molecule has 8 atom stereocenters. The van der Waals surface area contributed by atoms with Gasteiger partial charge in [-0.3, -0.25) is 4.39 Å². The van der Waals surface area contributed by atoms with Crippen LogP contribution in [0.25, 0.3) is 0 Å². The van der Waals surface area contributed by atoms with Gasteiger partial charge in [0.1, 0.15) is 6.61 Å².